The summed E-state index contributed by atoms with van der Waals surface area (Å²) in [5.74, 6) is 0. The molecule has 1 aliphatic carbocycles. The van der Waals surface area contributed by atoms with Crippen molar-refractivity contribution in [2.75, 3.05) is 26.3 Å². The highest BCUT2D eigenvalue weighted by molar-refractivity contribution is 7.89. The van der Waals surface area contributed by atoms with Crippen LogP contribution >= 0.6 is 0 Å². The Kier molecular flexibility index (Phi) is 5.76. The molecule has 1 fully saturated rings. The van der Waals surface area contributed by atoms with Gasteiger partial charge in [-0.2, -0.15) is 4.31 Å². The van der Waals surface area contributed by atoms with Crippen LogP contribution in [0.3, 0.4) is 0 Å². The zero-order valence-corrected chi connectivity index (χ0v) is 17.6. The molecule has 2 aromatic rings. The molecule has 2 aliphatic rings. The number of aryl methyl sites for hydroxylation is 1. The van der Waals surface area contributed by atoms with E-state index in [1.54, 1.807) is 0 Å². The molecule has 1 N–H and O–H groups in total. The van der Waals surface area contributed by atoms with Crippen LogP contribution in [0.2, 0.25) is 0 Å². The van der Waals surface area contributed by atoms with Gasteiger partial charge in [-0.3, -0.25) is 0 Å². The van der Waals surface area contributed by atoms with Gasteiger partial charge >= 0.3 is 0 Å². The molecule has 2 aromatic carbocycles. The molecule has 0 spiro atoms. The van der Waals surface area contributed by atoms with E-state index in [4.69, 9.17) is 4.74 Å². The third kappa shape index (κ3) is 4.24. The Balaban J connectivity index is 1.54. The third-order valence-corrected chi connectivity index (χ3v) is 8.81. The largest absolute Gasteiger partial charge is 0.379 e. The summed E-state index contributed by atoms with van der Waals surface area (Å²) in [6.07, 6.45) is 2.60. The van der Waals surface area contributed by atoms with Gasteiger partial charge in [0.25, 0.3) is 0 Å². The lowest BCUT2D eigenvalue weighted by atomic mass is 9.88. The van der Waals surface area contributed by atoms with Crippen molar-refractivity contribution in [2.45, 2.75) is 35.1 Å². The van der Waals surface area contributed by atoms with Gasteiger partial charge in [-0.25, -0.2) is 21.6 Å². The van der Waals surface area contributed by atoms with Crippen LogP contribution in [-0.2, 0) is 31.2 Å². The Bertz CT molecular complexity index is 1080. The van der Waals surface area contributed by atoms with Crippen LogP contribution in [0.25, 0.3) is 0 Å². The molecule has 9 heteroatoms. The fourth-order valence-electron chi connectivity index (χ4n) is 3.86. The van der Waals surface area contributed by atoms with Crippen LogP contribution in [0.4, 0.5) is 0 Å². The molecule has 1 heterocycles. The van der Waals surface area contributed by atoms with Gasteiger partial charge in [0, 0.05) is 19.1 Å². The molecular weight excluding hydrogens is 412 g/mol. The lowest BCUT2D eigenvalue weighted by Gasteiger charge is -2.26. The SMILES string of the molecule is O=S(=O)(NC1CCCc2ccccc21)c1ccc(S(=O)(=O)N2CCOCC2)cc1. The van der Waals surface area contributed by atoms with E-state index in [0.29, 0.717) is 26.3 Å². The maximum absolute atomic E-state index is 12.9. The predicted octanol–water partition coefficient (Wildman–Crippen LogP) is 2.06. The third-order valence-electron chi connectivity index (χ3n) is 5.41. The fraction of sp³-hybridized carbons (Fsp3) is 0.400. The number of sulfonamides is 2. The van der Waals surface area contributed by atoms with Gasteiger partial charge in [0.2, 0.25) is 20.0 Å². The molecular formula is C20H24N2O5S2. The van der Waals surface area contributed by atoms with E-state index in [2.05, 4.69) is 4.72 Å². The van der Waals surface area contributed by atoms with Crippen LogP contribution < -0.4 is 4.72 Å². The number of hydrogen-bond donors (Lipinski definition) is 1. The first-order valence-corrected chi connectivity index (χ1v) is 12.6. The molecule has 0 amide bonds. The maximum Gasteiger partial charge on any atom is 0.243 e. The highest BCUT2D eigenvalue weighted by atomic mass is 32.2. The summed E-state index contributed by atoms with van der Waals surface area (Å²) in [5.41, 5.74) is 2.17. The van der Waals surface area contributed by atoms with Crippen LogP contribution in [0.5, 0.6) is 0 Å². The van der Waals surface area contributed by atoms with E-state index in [0.717, 1.165) is 24.8 Å². The van der Waals surface area contributed by atoms with Crippen molar-refractivity contribution in [2.24, 2.45) is 0 Å². The second kappa shape index (κ2) is 8.16. The number of benzene rings is 2. The van der Waals surface area contributed by atoms with Crippen LogP contribution in [0.15, 0.2) is 58.3 Å². The molecule has 0 aromatic heterocycles. The predicted molar refractivity (Wildman–Crippen MR) is 108 cm³/mol. The van der Waals surface area contributed by atoms with E-state index in [1.165, 1.54) is 34.1 Å². The number of hydrogen-bond acceptors (Lipinski definition) is 5. The Labute approximate surface area is 171 Å². The highest BCUT2D eigenvalue weighted by Crippen LogP contribution is 2.31. The van der Waals surface area contributed by atoms with Crippen molar-refractivity contribution in [1.82, 2.24) is 9.03 Å². The average molecular weight is 437 g/mol. The van der Waals surface area contributed by atoms with Gasteiger partial charge in [0.05, 0.1) is 23.0 Å². The van der Waals surface area contributed by atoms with Crippen LogP contribution in [0.1, 0.15) is 30.0 Å². The minimum atomic E-state index is -3.77. The van der Waals surface area contributed by atoms with Crippen molar-refractivity contribution >= 4 is 20.0 Å². The normalized spacial score (nSPS) is 20.9. The lowest BCUT2D eigenvalue weighted by Crippen LogP contribution is -2.40. The first-order valence-electron chi connectivity index (χ1n) is 9.66. The topological polar surface area (TPSA) is 92.8 Å². The summed E-state index contributed by atoms with van der Waals surface area (Å²) in [5, 5.41) is 0. The molecule has 1 aliphatic heterocycles. The Morgan fingerprint density at radius 2 is 1.55 bits per heavy atom. The van der Waals surface area contributed by atoms with Crippen molar-refractivity contribution in [3.63, 3.8) is 0 Å². The van der Waals surface area contributed by atoms with Gasteiger partial charge in [-0.1, -0.05) is 24.3 Å². The average Bonchev–Trinajstić information content (AvgIpc) is 2.74. The van der Waals surface area contributed by atoms with Gasteiger partial charge in [0.1, 0.15) is 0 Å². The number of nitrogens with zero attached hydrogens (tertiary/aromatic N) is 1. The first kappa shape index (κ1) is 20.5. The van der Waals surface area contributed by atoms with Crippen molar-refractivity contribution in [3.8, 4) is 0 Å². The number of morpholine rings is 1. The fourth-order valence-corrected chi connectivity index (χ4v) is 6.52. The molecule has 1 unspecified atom stereocenters. The van der Waals surface area contributed by atoms with E-state index in [1.807, 2.05) is 24.3 Å². The van der Waals surface area contributed by atoms with Gasteiger partial charge < -0.3 is 4.74 Å². The van der Waals surface area contributed by atoms with E-state index in [-0.39, 0.29) is 15.8 Å². The smallest absolute Gasteiger partial charge is 0.243 e. The summed E-state index contributed by atoms with van der Waals surface area (Å²) in [6.45, 7) is 1.31. The minimum absolute atomic E-state index is 0.0569. The molecule has 1 saturated heterocycles. The standard InChI is InChI=1S/C20H24N2O5S2/c23-28(24,21-20-7-3-5-16-4-1-2-6-19(16)20)17-8-10-18(11-9-17)29(25,26)22-12-14-27-15-13-22/h1-2,4,6,8-11,20-21H,3,5,7,12-15H2. The van der Waals surface area contributed by atoms with E-state index < -0.39 is 20.0 Å². The number of nitrogens with one attached hydrogen (secondary N) is 1. The Morgan fingerprint density at radius 1 is 0.897 bits per heavy atom. The van der Waals surface area contributed by atoms with Gasteiger partial charge in [-0.15, -0.1) is 0 Å². The Morgan fingerprint density at radius 3 is 2.28 bits per heavy atom. The zero-order chi connectivity index (χ0) is 20.5. The quantitative estimate of drug-likeness (QED) is 0.775. The van der Waals surface area contributed by atoms with Crippen molar-refractivity contribution in [3.05, 3.63) is 59.7 Å². The monoisotopic (exact) mass is 436 g/mol. The zero-order valence-electron chi connectivity index (χ0n) is 16.0. The van der Waals surface area contributed by atoms with Crippen molar-refractivity contribution < 1.29 is 21.6 Å². The Hall–Kier alpha value is -1.78. The van der Waals surface area contributed by atoms with Crippen LogP contribution in [0, 0.1) is 0 Å². The minimum Gasteiger partial charge on any atom is -0.379 e. The number of ether oxygens (including phenoxy) is 1. The van der Waals surface area contributed by atoms with Crippen LogP contribution in [-0.4, -0.2) is 47.4 Å². The van der Waals surface area contributed by atoms with Crippen molar-refractivity contribution in [1.29, 1.82) is 0 Å². The summed E-state index contributed by atoms with van der Waals surface area (Å²) in [4.78, 5) is 0.142. The summed E-state index contributed by atoms with van der Waals surface area (Å²) >= 11 is 0. The second-order valence-electron chi connectivity index (χ2n) is 7.25. The first-order chi connectivity index (χ1) is 13.9. The van der Waals surface area contributed by atoms with Gasteiger partial charge in [-0.05, 0) is 54.7 Å². The molecule has 7 nitrogen and oxygen atoms in total. The number of fused-ring (bicyclic) bond motifs is 1. The maximum atomic E-state index is 12.9. The number of rotatable bonds is 5. The lowest BCUT2D eigenvalue weighted by molar-refractivity contribution is 0.0730. The van der Waals surface area contributed by atoms with Gasteiger partial charge in [0.15, 0.2) is 0 Å². The molecule has 0 radical (unpaired) electrons. The summed E-state index contributed by atoms with van der Waals surface area (Å²) in [6, 6.07) is 13.0. The second-order valence-corrected chi connectivity index (χ2v) is 10.9. The summed E-state index contributed by atoms with van der Waals surface area (Å²) in [7, 11) is -7.42. The van der Waals surface area contributed by atoms with E-state index in [9.17, 15) is 16.8 Å². The molecule has 1 atom stereocenters. The molecule has 0 saturated carbocycles. The molecule has 156 valence electrons. The van der Waals surface area contributed by atoms with E-state index >= 15 is 0 Å². The molecule has 4 rings (SSSR count). The molecule has 29 heavy (non-hydrogen) atoms. The molecule has 0 bridgehead atoms. The highest BCUT2D eigenvalue weighted by Gasteiger charge is 2.28. The summed E-state index contributed by atoms with van der Waals surface area (Å²) < 4.78 is 60.5.